The van der Waals surface area contributed by atoms with Crippen molar-refractivity contribution in [2.75, 3.05) is 29.9 Å². The van der Waals surface area contributed by atoms with Crippen molar-refractivity contribution in [1.82, 2.24) is 4.72 Å². The summed E-state index contributed by atoms with van der Waals surface area (Å²) in [5, 5.41) is 2.97. The molecule has 1 saturated heterocycles. The van der Waals surface area contributed by atoms with E-state index in [0.29, 0.717) is 43.9 Å². The van der Waals surface area contributed by atoms with Crippen molar-refractivity contribution in [2.45, 2.75) is 75.6 Å². The molecule has 9 heteroatoms. The van der Waals surface area contributed by atoms with Crippen molar-refractivity contribution in [3.8, 4) is 0 Å². The van der Waals surface area contributed by atoms with Crippen LogP contribution in [0.3, 0.4) is 0 Å². The first kappa shape index (κ1) is 27.6. The fourth-order valence-electron chi connectivity index (χ4n) is 6.24. The molecule has 2 N–H and O–H groups in total. The number of amides is 1. The third kappa shape index (κ3) is 6.30. The van der Waals surface area contributed by atoms with Crippen LogP contribution < -0.4 is 14.9 Å². The molecule has 2 aromatic rings. The molecule has 0 radical (unpaired) electrons. The van der Waals surface area contributed by atoms with Crippen LogP contribution in [-0.2, 0) is 30.8 Å². The van der Waals surface area contributed by atoms with Crippen molar-refractivity contribution >= 4 is 33.3 Å². The van der Waals surface area contributed by atoms with Gasteiger partial charge in [0.05, 0.1) is 18.2 Å². The lowest BCUT2D eigenvalue weighted by Gasteiger charge is -2.34. The minimum Gasteiger partial charge on any atom is -0.466 e. The van der Waals surface area contributed by atoms with Gasteiger partial charge in [0, 0.05) is 30.7 Å². The van der Waals surface area contributed by atoms with Crippen LogP contribution in [0, 0.1) is 11.8 Å². The summed E-state index contributed by atoms with van der Waals surface area (Å²) in [6.07, 6.45) is 7.61. The van der Waals surface area contributed by atoms with Crippen molar-refractivity contribution in [2.24, 2.45) is 11.8 Å². The zero-order valence-electron chi connectivity index (χ0n) is 22.7. The van der Waals surface area contributed by atoms with E-state index >= 15 is 0 Å². The lowest BCUT2D eigenvalue weighted by molar-refractivity contribution is -0.148. The average Bonchev–Trinajstić information content (AvgIpc) is 3.49. The molecule has 1 aliphatic heterocycles. The number of rotatable bonds is 8. The third-order valence-corrected chi connectivity index (χ3v) is 9.87. The van der Waals surface area contributed by atoms with Crippen LogP contribution in [0.4, 0.5) is 11.4 Å². The second-order valence-corrected chi connectivity index (χ2v) is 12.6. The minimum absolute atomic E-state index is 0.0245. The molecule has 8 nitrogen and oxygen atoms in total. The molecule has 1 atom stereocenters. The molecule has 2 aromatic carbocycles. The quantitative estimate of drug-likeness (QED) is 0.448. The van der Waals surface area contributed by atoms with Crippen molar-refractivity contribution < 1.29 is 22.7 Å². The molecule has 210 valence electrons. The Morgan fingerprint density at radius 2 is 1.69 bits per heavy atom. The maximum atomic E-state index is 14.0. The summed E-state index contributed by atoms with van der Waals surface area (Å²) in [5.74, 6) is -0.438. The molecule has 0 unspecified atom stereocenters. The van der Waals surface area contributed by atoms with E-state index in [1.54, 1.807) is 25.1 Å². The van der Waals surface area contributed by atoms with Gasteiger partial charge >= 0.3 is 5.97 Å². The molecule has 39 heavy (non-hydrogen) atoms. The number of carbonyl (C=O) groups is 2. The van der Waals surface area contributed by atoms with Crippen molar-refractivity contribution in [3.05, 3.63) is 53.6 Å². The fourth-order valence-corrected chi connectivity index (χ4v) is 7.74. The highest BCUT2D eigenvalue weighted by molar-refractivity contribution is 7.89. The second-order valence-electron chi connectivity index (χ2n) is 10.9. The van der Waals surface area contributed by atoms with Gasteiger partial charge in [-0.05, 0) is 81.2 Å². The van der Waals surface area contributed by atoms with Gasteiger partial charge in [-0.25, -0.2) is 13.1 Å². The van der Waals surface area contributed by atoms with Gasteiger partial charge in [-0.1, -0.05) is 37.1 Å². The maximum absolute atomic E-state index is 14.0. The Labute approximate surface area is 231 Å². The predicted molar refractivity (Wildman–Crippen MR) is 151 cm³/mol. The third-order valence-electron chi connectivity index (χ3n) is 8.37. The molecule has 1 heterocycles. The van der Waals surface area contributed by atoms with E-state index in [9.17, 15) is 18.0 Å². The van der Waals surface area contributed by atoms with E-state index in [0.717, 1.165) is 50.5 Å². The highest BCUT2D eigenvalue weighted by Gasteiger charge is 2.32. The van der Waals surface area contributed by atoms with Crippen LogP contribution in [0.1, 0.15) is 75.5 Å². The number of hydrogen-bond acceptors (Lipinski definition) is 6. The zero-order chi connectivity index (χ0) is 27.4. The molecule has 3 aliphatic rings. The summed E-state index contributed by atoms with van der Waals surface area (Å²) in [4.78, 5) is 27.3. The van der Waals surface area contributed by atoms with Crippen LogP contribution in [0.25, 0.3) is 0 Å². The Hall–Kier alpha value is -2.91. The number of carbonyl (C=O) groups excluding carboxylic acids is 2. The number of ether oxygens (including phenoxy) is 1. The van der Waals surface area contributed by atoms with Crippen LogP contribution in [0.15, 0.2) is 47.4 Å². The van der Waals surface area contributed by atoms with Gasteiger partial charge in [0.15, 0.2) is 0 Å². The minimum atomic E-state index is -3.93. The summed E-state index contributed by atoms with van der Waals surface area (Å²) >= 11 is 0. The van der Waals surface area contributed by atoms with Crippen LogP contribution in [0.2, 0.25) is 0 Å². The summed E-state index contributed by atoms with van der Waals surface area (Å²) in [6, 6.07) is 12.9. The summed E-state index contributed by atoms with van der Waals surface area (Å²) in [5.41, 5.74) is 3.28. The molecule has 5 rings (SSSR count). The highest BCUT2D eigenvalue weighted by Crippen LogP contribution is 2.36. The first-order chi connectivity index (χ1) is 18.9. The first-order valence-corrected chi connectivity index (χ1v) is 15.8. The first-order valence-electron chi connectivity index (χ1n) is 14.3. The van der Waals surface area contributed by atoms with Crippen LogP contribution >= 0.6 is 0 Å². The van der Waals surface area contributed by atoms with Gasteiger partial charge in [0.25, 0.3) is 0 Å². The molecule has 2 fully saturated rings. The van der Waals surface area contributed by atoms with Crippen molar-refractivity contribution in [1.29, 1.82) is 0 Å². The molecule has 2 aliphatic carbocycles. The van der Waals surface area contributed by atoms with E-state index < -0.39 is 10.0 Å². The second kappa shape index (κ2) is 12.1. The number of nitrogens with zero attached hydrogens (tertiary/aromatic N) is 1. The number of nitrogens with one attached hydrogen (secondary N) is 2. The Bertz CT molecular complexity index is 1300. The SMILES string of the molecule is CCOC(=O)C1CCN(c2ccc(NC(=O)C3CCCC3)cc2S(=O)(=O)N[C@H]2CCCc3ccccc32)CC1. The normalized spacial score (nSPS) is 20.4. The summed E-state index contributed by atoms with van der Waals surface area (Å²) < 4.78 is 36.2. The van der Waals surface area contributed by atoms with Crippen LogP contribution in [-0.4, -0.2) is 40.0 Å². The average molecular weight is 554 g/mol. The molecule has 0 aromatic heterocycles. The number of esters is 1. The molecular formula is C30H39N3O5S. The monoisotopic (exact) mass is 553 g/mol. The molecule has 0 spiro atoms. The number of hydrogen-bond donors (Lipinski definition) is 2. The lowest BCUT2D eigenvalue weighted by Crippen LogP contribution is -2.38. The zero-order valence-corrected chi connectivity index (χ0v) is 23.5. The number of fused-ring (bicyclic) bond motifs is 1. The van der Waals surface area contributed by atoms with E-state index in [1.165, 1.54) is 5.56 Å². The predicted octanol–water partition coefficient (Wildman–Crippen LogP) is 4.95. The maximum Gasteiger partial charge on any atom is 0.309 e. The van der Waals surface area contributed by atoms with E-state index in [4.69, 9.17) is 4.74 Å². The Balaban J connectivity index is 1.42. The number of benzene rings is 2. The van der Waals surface area contributed by atoms with Crippen molar-refractivity contribution in [3.63, 3.8) is 0 Å². The van der Waals surface area contributed by atoms with E-state index in [-0.39, 0.29) is 34.6 Å². The Kier molecular flexibility index (Phi) is 8.57. The largest absolute Gasteiger partial charge is 0.466 e. The topological polar surface area (TPSA) is 105 Å². The number of anilines is 2. The Morgan fingerprint density at radius 1 is 0.949 bits per heavy atom. The summed E-state index contributed by atoms with van der Waals surface area (Å²) in [7, 11) is -3.93. The lowest BCUT2D eigenvalue weighted by atomic mass is 9.88. The van der Waals surface area contributed by atoms with Crippen LogP contribution in [0.5, 0.6) is 0 Å². The van der Waals surface area contributed by atoms with Gasteiger partial charge in [-0.3, -0.25) is 9.59 Å². The van der Waals surface area contributed by atoms with Gasteiger partial charge < -0.3 is 15.0 Å². The highest BCUT2D eigenvalue weighted by atomic mass is 32.2. The molecule has 1 amide bonds. The van der Waals surface area contributed by atoms with Gasteiger partial charge in [-0.2, -0.15) is 0 Å². The standard InChI is InChI=1S/C30H39N3O5S/c1-2-38-30(35)23-16-18-33(19-17-23)27-15-14-24(31-29(34)22-9-3-4-10-22)20-28(27)39(36,37)32-26-13-7-11-21-8-5-6-12-25(21)26/h5-6,8,12,14-15,20,22-23,26,32H,2-4,7,9-11,13,16-19H2,1H3,(H,31,34)/t26-/m0/s1. The molecule has 1 saturated carbocycles. The van der Waals surface area contributed by atoms with Gasteiger partial charge in [-0.15, -0.1) is 0 Å². The fraction of sp³-hybridized carbons (Fsp3) is 0.533. The molecular weight excluding hydrogens is 514 g/mol. The van der Waals surface area contributed by atoms with E-state index in [2.05, 4.69) is 16.1 Å². The number of piperidine rings is 1. The smallest absolute Gasteiger partial charge is 0.309 e. The molecule has 0 bridgehead atoms. The van der Waals surface area contributed by atoms with E-state index in [1.807, 2.05) is 23.1 Å². The summed E-state index contributed by atoms with van der Waals surface area (Å²) in [6.45, 7) is 3.25. The number of aryl methyl sites for hydroxylation is 1. The Morgan fingerprint density at radius 3 is 2.44 bits per heavy atom. The van der Waals surface area contributed by atoms with Gasteiger partial charge in [0.2, 0.25) is 15.9 Å². The number of sulfonamides is 1. The van der Waals surface area contributed by atoms with Gasteiger partial charge in [0.1, 0.15) is 4.90 Å².